The van der Waals surface area contributed by atoms with Gasteiger partial charge < -0.3 is 9.47 Å². The van der Waals surface area contributed by atoms with Gasteiger partial charge in [-0.25, -0.2) is 15.0 Å². The summed E-state index contributed by atoms with van der Waals surface area (Å²) in [6, 6.07) is 9.20. The molecule has 1 atom stereocenters. The Morgan fingerprint density at radius 3 is 2.72 bits per heavy atom. The van der Waals surface area contributed by atoms with E-state index in [-0.39, 0.29) is 11.7 Å². The molecule has 4 rings (SSSR count). The van der Waals surface area contributed by atoms with Crippen molar-refractivity contribution in [2.75, 3.05) is 11.4 Å². The highest BCUT2D eigenvalue weighted by Gasteiger charge is 2.33. The Bertz CT molecular complexity index is 915. The van der Waals surface area contributed by atoms with Gasteiger partial charge in [-0.3, -0.25) is 0 Å². The molecule has 0 saturated carbocycles. The zero-order valence-electron chi connectivity index (χ0n) is 14.2. The second-order valence-corrected chi connectivity index (χ2v) is 6.50. The van der Waals surface area contributed by atoms with Crippen molar-refractivity contribution >= 4 is 17.0 Å². The van der Waals surface area contributed by atoms with Crippen LogP contribution >= 0.6 is 0 Å². The molecule has 130 valence electrons. The maximum Gasteiger partial charge on any atom is 0.287 e. The summed E-state index contributed by atoms with van der Waals surface area (Å²) >= 11 is 0. The molecule has 1 fully saturated rings. The largest absolute Gasteiger partial charge is 0.331 e. The van der Waals surface area contributed by atoms with Crippen molar-refractivity contribution in [3.63, 3.8) is 0 Å². The number of rotatable bonds is 3. The Kier molecular flexibility index (Phi) is 3.67. The quantitative estimate of drug-likeness (QED) is 0.725. The maximum absolute atomic E-state index is 13.6. The van der Waals surface area contributed by atoms with Crippen LogP contribution in [-0.4, -0.2) is 26.1 Å². The van der Waals surface area contributed by atoms with E-state index in [1.807, 2.05) is 36.2 Å². The van der Waals surface area contributed by atoms with Gasteiger partial charge in [0.15, 0.2) is 0 Å². The number of alkyl halides is 2. The van der Waals surface area contributed by atoms with Gasteiger partial charge in [0, 0.05) is 26.7 Å². The molecule has 7 heteroatoms. The number of benzene rings is 1. The van der Waals surface area contributed by atoms with Crippen molar-refractivity contribution in [2.45, 2.75) is 31.7 Å². The van der Waals surface area contributed by atoms with Gasteiger partial charge in [-0.05, 0) is 31.0 Å². The minimum absolute atomic E-state index is 0.0156. The number of hydrogen-bond donors (Lipinski definition) is 0. The van der Waals surface area contributed by atoms with Gasteiger partial charge in [0.1, 0.15) is 11.5 Å². The lowest BCUT2D eigenvalue weighted by Gasteiger charge is -2.25. The average Bonchev–Trinajstić information content (AvgIpc) is 3.19. The van der Waals surface area contributed by atoms with Crippen LogP contribution in [0.25, 0.3) is 11.0 Å². The predicted octanol–water partition coefficient (Wildman–Crippen LogP) is 3.82. The van der Waals surface area contributed by atoms with Crippen LogP contribution in [0.3, 0.4) is 0 Å². The Morgan fingerprint density at radius 2 is 1.96 bits per heavy atom. The van der Waals surface area contributed by atoms with Crippen molar-refractivity contribution in [1.82, 2.24) is 19.5 Å². The zero-order valence-corrected chi connectivity index (χ0v) is 14.2. The summed E-state index contributed by atoms with van der Waals surface area (Å²) in [5, 5.41) is 0. The molecule has 1 aliphatic rings. The number of aromatic nitrogens is 4. The van der Waals surface area contributed by atoms with Crippen molar-refractivity contribution in [3.05, 3.63) is 48.0 Å². The van der Waals surface area contributed by atoms with Gasteiger partial charge in [-0.2, -0.15) is 8.78 Å². The number of nitrogens with zero attached hydrogens (tertiary/aromatic N) is 5. The fourth-order valence-corrected chi connectivity index (χ4v) is 3.47. The van der Waals surface area contributed by atoms with Crippen molar-refractivity contribution in [3.8, 4) is 0 Å². The Hall–Kier alpha value is -2.57. The first kappa shape index (κ1) is 15.9. The molecule has 5 nitrogen and oxygen atoms in total. The monoisotopic (exact) mass is 343 g/mol. The summed E-state index contributed by atoms with van der Waals surface area (Å²) in [4.78, 5) is 15.1. The normalized spacial score (nSPS) is 18.2. The average molecular weight is 343 g/mol. The number of aryl methyl sites for hydroxylation is 1. The van der Waals surface area contributed by atoms with Crippen LogP contribution in [0.2, 0.25) is 0 Å². The van der Waals surface area contributed by atoms with E-state index in [1.54, 1.807) is 0 Å². The SMILES string of the molecule is Cn1c(C2CCCN2c2nccc(C(C)(F)F)n2)nc2ccccc21. The number of halogens is 2. The molecular weight excluding hydrogens is 324 g/mol. The van der Waals surface area contributed by atoms with Crippen LogP contribution in [0.1, 0.15) is 37.3 Å². The number of anilines is 1. The van der Waals surface area contributed by atoms with E-state index >= 15 is 0 Å². The Labute approximate surface area is 144 Å². The van der Waals surface area contributed by atoms with E-state index in [9.17, 15) is 8.78 Å². The number of imidazole rings is 1. The third kappa shape index (κ3) is 2.73. The molecule has 0 aliphatic carbocycles. The van der Waals surface area contributed by atoms with Gasteiger partial charge in [0.05, 0.1) is 17.1 Å². The molecule has 0 spiro atoms. The summed E-state index contributed by atoms with van der Waals surface area (Å²) in [5.41, 5.74) is 1.73. The summed E-state index contributed by atoms with van der Waals surface area (Å²) in [5.74, 6) is -1.73. The molecule has 0 bridgehead atoms. The van der Waals surface area contributed by atoms with Crippen LogP contribution in [0.4, 0.5) is 14.7 Å². The van der Waals surface area contributed by atoms with Crippen molar-refractivity contribution in [2.24, 2.45) is 7.05 Å². The fourth-order valence-electron chi connectivity index (χ4n) is 3.47. The van der Waals surface area contributed by atoms with E-state index < -0.39 is 5.92 Å². The van der Waals surface area contributed by atoms with Gasteiger partial charge in [-0.1, -0.05) is 12.1 Å². The Morgan fingerprint density at radius 1 is 1.16 bits per heavy atom. The summed E-state index contributed by atoms with van der Waals surface area (Å²) < 4.78 is 29.3. The first-order chi connectivity index (χ1) is 11.9. The fraction of sp³-hybridized carbons (Fsp3) is 0.389. The predicted molar refractivity (Wildman–Crippen MR) is 91.6 cm³/mol. The molecular formula is C18H19F2N5. The minimum Gasteiger partial charge on any atom is -0.331 e. The highest BCUT2D eigenvalue weighted by atomic mass is 19.3. The molecule has 3 aromatic rings. The van der Waals surface area contributed by atoms with Crippen LogP contribution in [0, 0.1) is 0 Å². The molecule has 25 heavy (non-hydrogen) atoms. The first-order valence-electron chi connectivity index (χ1n) is 8.34. The third-order valence-corrected chi connectivity index (χ3v) is 4.72. The summed E-state index contributed by atoms with van der Waals surface area (Å²) in [6.45, 7) is 1.58. The van der Waals surface area contributed by atoms with Crippen molar-refractivity contribution < 1.29 is 8.78 Å². The van der Waals surface area contributed by atoms with Crippen LogP contribution < -0.4 is 4.90 Å². The standard InChI is InChI=1S/C18H19F2N5/c1-18(19,20)15-9-10-21-17(23-15)25-11-5-8-14(25)16-22-12-6-3-4-7-13(12)24(16)2/h3-4,6-7,9-10,14H,5,8,11H2,1-2H3. The van der Waals surface area contributed by atoms with Crippen LogP contribution in [0.5, 0.6) is 0 Å². The lowest BCUT2D eigenvalue weighted by atomic mass is 10.2. The van der Waals surface area contributed by atoms with Crippen LogP contribution in [0.15, 0.2) is 36.5 Å². The maximum atomic E-state index is 13.6. The van der Waals surface area contributed by atoms with Crippen molar-refractivity contribution in [1.29, 1.82) is 0 Å². The smallest absolute Gasteiger partial charge is 0.287 e. The topological polar surface area (TPSA) is 46.8 Å². The van der Waals surface area contributed by atoms with Gasteiger partial charge in [-0.15, -0.1) is 0 Å². The highest BCUT2D eigenvalue weighted by Crippen LogP contribution is 2.36. The first-order valence-corrected chi connectivity index (χ1v) is 8.34. The van der Waals surface area contributed by atoms with Gasteiger partial charge >= 0.3 is 0 Å². The Balaban J connectivity index is 1.74. The molecule has 0 N–H and O–H groups in total. The second-order valence-electron chi connectivity index (χ2n) is 6.50. The molecule has 3 heterocycles. The third-order valence-electron chi connectivity index (χ3n) is 4.72. The molecule has 1 aliphatic heterocycles. The molecule has 0 radical (unpaired) electrons. The number of fused-ring (bicyclic) bond motifs is 1. The molecule has 1 unspecified atom stereocenters. The second kappa shape index (κ2) is 5.75. The van der Waals surface area contributed by atoms with Gasteiger partial charge in [0.25, 0.3) is 5.92 Å². The van der Waals surface area contributed by atoms with E-state index in [1.165, 1.54) is 12.3 Å². The zero-order chi connectivity index (χ0) is 17.6. The van der Waals surface area contributed by atoms with E-state index in [4.69, 9.17) is 4.98 Å². The van der Waals surface area contributed by atoms with E-state index in [0.29, 0.717) is 5.95 Å². The summed E-state index contributed by atoms with van der Waals surface area (Å²) in [7, 11) is 1.98. The van der Waals surface area contributed by atoms with E-state index in [2.05, 4.69) is 14.5 Å². The van der Waals surface area contributed by atoms with Gasteiger partial charge in [0.2, 0.25) is 5.95 Å². The molecule has 1 aromatic carbocycles. The number of para-hydroxylation sites is 2. The number of hydrogen-bond acceptors (Lipinski definition) is 4. The molecule has 1 saturated heterocycles. The van der Waals surface area contributed by atoms with E-state index in [0.717, 1.165) is 43.2 Å². The lowest BCUT2D eigenvalue weighted by Crippen LogP contribution is -2.27. The van der Waals surface area contributed by atoms with Crippen LogP contribution in [-0.2, 0) is 13.0 Å². The lowest BCUT2D eigenvalue weighted by molar-refractivity contribution is 0.0127. The highest BCUT2D eigenvalue weighted by molar-refractivity contribution is 5.76. The molecule has 0 amide bonds. The molecule has 2 aromatic heterocycles. The summed E-state index contributed by atoms with van der Waals surface area (Å²) in [6.07, 6.45) is 3.25. The minimum atomic E-state index is -2.98.